The molecule has 2 aromatic carbocycles. The minimum Gasteiger partial charge on any atom is -0.354 e. The van der Waals surface area contributed by atoms with E-state index in [1.807, 2.05) is 32.9 Å². The number of hydrogen-bond acceptors (Lipinski definition) is 4. The van der Waals surface area contributed by atoms with E-state index in [2.05, 4.69) is 5.32 Å². The number of aryl methyl sites for hydroxylation is 1. The molecule has 0 spiro atoms. The fraction of sp³-hybridized carbons (Fsp3) is 0.440. The second-order valence-electron chi connectivity index (χ2n) is 8.86. The van der Waals surface area contributed by atoms with E-state index in [4.69, 9.17) is 23.2 Å². The van der Waals surface area contributed by atoms with Crippen LogP contribution in [0.3, 0.4) is 0 Å². The molecule has 0 aliphatic rings. The summed E-state index contributed by atoms with van der Waals surface area (Å²) in [6.07, 6.45) is 1.85. The summed E-state index contributed by atoms with van der Waals surface area (Å²) in [5.74, 6) is -0.642. The average Bonchev–Trinajstić information content (AvgIpc) is 2.79. The number of sulfonamides is 1. The summed E-state index contributed by atoms with van der Waals surface area (Å²) in [5, 5.41) is 3.63. The van der Waals surface area contributed by atoms with Crippen LogP contribution in [0, 0.1) is 5.92 Å². The van der Waals surface area contributed by atoms with Gasteiger partial charge in [0.25, 0.3) is 0 Å². The SMILES string of the molecule is CCc1ccc(N(CC(=O)N(Cc2ccc(Cl)cc2Cl)C(C)C(=O)NCC(C)C)S(C)(=O)=O)cc1. The lowest BCUT2D eigenvalue weighted by Gasteiger charge is -2.32. The van der Waals surface area contributed by atoms with Gasteiger partial charge in [0.1, 0.15) is 12.6 Å². The molecule has 1 N–H and O–H groups in total. The zero-order valence-electron chi connectivity index (χ0n) is 20.7. The van der Waals surface area contributed by atoms with Crippen LogP contribution in [-0.2, 0) is 32.6 Å². The van der Waals surface area contributed by atoms with Gasteiger partial charge in [-0.3, -0.25) is 13.9 Å². The van der Waals surface area contributed by atoms with Gasteiger partial charge in [-0.25, -0.2) is 8.42 Å². The van der Waals surface area contributed by atoms with Crippen molar-refractivity contribution in [1.82, 2.24) is 10.2 Å². The standard InChI is InChI=1S/C25H33Cl2N3O4S/c1-6-19-7-11-22(12-8-19)30(35(5,33)34)16-24(31)29(18(4)25(32)28-14-17(2)3)15-20-9-10-21(26)13-23(20)27/h7-13,17-18H,6,14-16H2,1-5H3,(H,28,32). The summed E-state index contributed by atoms with van der Waals surface area (Å²) in [7, 11) is -3.78. The number of anilines is 1. The molecule has 10 heteroatoms. The van der Waals surface area contributed by atoms with Crippen LogP contribution in [0.1, 0.15) is 38.8 Å². The van der Waals surface area contributed by atoms with Gasteiger partial charge >= 0.3 is 0 Å². The maximum atomic E-state index is 13.5. The number of halogens is 2. The number of nitrogens with one attached hydrogen (secondary N) is 1. The van der Waals surface area contributed by atoms with E-state index in [1.165, 1.54) is 4.90 Å². The van der Waals surface area contributed by atoms with Gasteiger partial charge in [0.2, 0.25) is 21.8 Å². The largest absolute Gasteiger partial charge is 0.354 e. The minimum atomic E-state index is -3.78. The first-order valence-corrected chi connectivity index (χ1v) is 14.0. The third kappa shape index (κ3) is 8.40. The molecule has 0 fully saturated rings. The van der Waals surface area contributed by atoms with Crippen molar-refractivity contribution >= 4 is 50.7 Å². The fourth-order valence-corrected chi connectivity index (χ4v) is 4.70. The molecule has 7 nitrogen and oxygen atoms in total. The van der Waals surface area contributed by atoms with Gasteiger partial charge < -0.3 is 10.2 Å². The molecule has 2 aromatic rings. The number of amides is 2. The maximum Gasteiger partial charge on any atom is 0.244 e. The molecule has 0 aliphatic carbocycles. The van der Waals surface area contributed by atoms with Gasteiger partial charge in [0, 0.05) is 23.1 Å². The highest BCUT2D eigenvalue weighted by atomic mass is 35.5. The molecule has 0 heterocycles. The lowest BCUT2D eigenvalue weighted by Crippen LogP contribution is -2.51. The molecule has 0 saturated carbocycles. The Morgan fingerprint density at radius 3 is 2.17 bits per heavy atom. The lowest BCUT2D eigenvalue weighted by atomic mass is 10.1. The molecule has 1 atom stereocenters. The number of hydrogen-bond donors (Lipinski definition) is 1. The van der Waals surface area contributed by atoms with E-state index in [-0.39, 0.29) is 18.4 Å². The molecule has 192 valence electrons. The second-order valence-corrected chi connectivity index (χ2v) is 11.6. The fourth-order valence-electron chi connectivity index (χ4n) is 3.38. The Balaban J connectivity index is 2.39. The second kappa shape index (κ2) is 12.6. The molecule has 0 bridgehead atoms. The molecular formula is C25H33Cl2N3O4S. The lowest BCUT2D eigenvalue weighted by molar-refractivity contribution is -0.139. The van der Waals surface area contributed by atoms with Crippen LogP contribution in [0.4, 0.5) is 5.69 Å². The summed E-state index contributed by atoms with van der Waals surface area (Å²) in [6, 6.07) is 11.0. The quantitative estimate of drug-likeness (QED) is 0.453. The zero-order valence-corrected chi connectivity index (χ0v) is 23.0. The molecule has 2 amide bonds. The van der Waals surface area contributed by atoms with Gasteiger partial charge in [0.05, 0.1) is 11.9 Å². The van der Waals surface area contributed by atoms with Crippen LogP contribution < -0.4 is 9.62 Å². The number of nitrogens with zero attached hydrogens (tertiary/aromatic N) is 2. The van der Waals surface area contributed by atoms with Crippen molar-refractivity contribution < 1.29 is 18.0 Å². The number of carbonyl (C=O) groups is 2. The summed E-state index contributed by atoms with van der Waals surface area (Å²) in [5.41, 5.74) is 2.01. The van der Waals surface area contributed by atoms with Crippen molar-refractivity contribution in [1.29, 1.82) is 0 Å². The predicted molar refractivity (Wildman–Crippen MR) is 142 cm³/mol. The van der Waals surface area contributed by atoms with E-state index in [0.29, 0.717) is 27.8 Å². The monoisotopic (exact) mass is 541 g/mol. The van der Waals surface area contributed by atoms with E-state index in [0.717, 1.165) is 22.5 Å². The molecule has 0 aromatic heterocycles. The first kappa shape index (κ1) is 28.9. The maximum absolute atomic E-state index is 13.5. The highest BCUT2D eigenvalue weighted by Gasteiger charge is 2.30. The van der Waals surface area contributed by atoms with E-state index in [9.17, 15) is 18.0 Å². The first-order valence-electron chi connectivity index (χ1n) is 11.4. The Morgan fingerprint density at radius 1 is 1.03 bits per heavy atom. The normalized spacial score (nSPS) is 12.3. The summed E-state index contributed by atoms with van der Waals surface area (Å²) in [6.45, 7) is 7.54. The van der Waals surface area contributed by atoms with Crippen LogP contribution in [0.5, 0.6) is 0 Å². The first-order chi connectivity index (χ1) is 16.3. The van der Waals surface area contributed by atoms with Crippen molar-refractivity contribution in [3.8, 4) is 0 Å². The van der Waals surface area contributed by atoms with Crippen molar-refractivity contribution in [3.05, 3.63) is 63.6 Å². The highest BCUT2D eigenvalue weighted by Crippen LogP contribution is 2.24. The van der Waals surface area contributed by atoms with Crippen LogP contribution in [0.15, 0.2) is 42.5 Å². The van der Waals surface area contributed by atoms with Crippen LogP contribution in [-0.4, -0.2) is 50.5 Å². The Morgan fingerprint density at radius 2 is 1.66 bits per heavy atom. The Bertz CT molecular complexity index is 1140. The topological polar surface area (TPSA) is 86.8 Å². The number of benzene rings is 2. The minimum absolute atomic E-state index is 0.0114. The van der Waals surface area contributed by atoms with Crippen molar-refractivity contribution in [2.24, 2.45) is 5.92 Å². The third-order valence-electron chi connectivity index (χ3n) is 5.52. The van der Waals surface area contributed by atoms with Crippen LogP contribution in [0.2, 0.25) is 10.0 Å². The van der Waals surface area contributed by atoms with Gasteiger partial charge in [-0.1, -0.05) is 62.2 Å². The van der Waals surface area contributed by atoms with E-state index >= 15 is 0 Å². The van der Waals surface area contributed by atoms with Crippen LogP contribution >= 0.6 is 23.2 Å². The molecule has 0 saturated heterocycles. The molecule has 1 unspecified atom stereocenters. The molecule has 35 heavy (non-hydrogen) atoms. The van der Waals surface area contributed by atoms with Crippen molar-refractivity contribution in [2.75, 3.05) is 23.7 Å². The third-order valence-corrected chi connectivity index (χ3v) is 7.25. The van der Waals surface area contributed by atoms with Gasteiger partial charge in [-0.2, -0.15) is 0 Å². The smallest absolute Gasteiger partial charge is 0.244 e. The average molecular weight is 543 g/mol. The Labute approximate surface area is 218 Å². The van der Waals surface area contributed by atoms with Crippen molar-refractivity contribution in [3.63, 3.8) is 0 Å². The van der Waals surface area contributed by atoms with Gasteiger partial charge in [0.15, 0.2) is 0 Å². The molecule has 2 rings (SSSR count). The molecule has 0 radical (unpaired) electrons. The number of carbonyl (C=O) groups excluding carboxylic acids is 2. The zero-order chi connectivity index (χ0) is 26.3. The predicted octanol–water partition coefficient (Wildman–Crippen LogP) is 4.51. The Kier molecular flexibility index (Phi) is 10.4. The van der Waals surface area contributed by atoms with E-state index in [1.54, 1.807) is 37.3 Å². The van der Waals surface area contributed by atoms with E-state index < -0.39 is 28.5 Å². The van der Waals surface area contributed by atoms with Crippen molar-refractivity contribution in [2.45, 2.75) is 46.7 Å². The molecular weight excluding hydrogens is 509 g/mol. The van der Waals surface area contributed by atoms with Gasteiger partial charge in [-0.05, 0) is 54.7 Å². The summed E-state index contributed by atoms with van der Waals surface area (Å²) < 4.78 is 26.3. The summed E-state index contributed by atoms with van der Waals surface area (Å²) >= 11 is 12.3. The summed E-state index contributed by atoms with van der Waals surface area (Å²) in [4.78, 5) is 27.7. The number of rotatable bonds is 11. The van der Waals surface area contributed by atoms with Crippen LogP contribution in [0.25, 0.3) is 0 Å². The van der Waals surface area contributed by atoms with Gasteiger partial charge in [-0.15, -0.1) is 0 Å². The Hall–Kier alpha value is -2.29. The molecule has 0 aliphatic heterocycles. The highest BCUT2D eigenvalue weighted by molar-refractivity contribution is 7.92.